The van der Waals surface area contributed by atoms with Gasteiger partial charge in [0.2, 0.25) is 53.1 Å². The van der Waals surface area contributed by atoms with Crippen LogP contribution in [0.1, 0.15) is 155 Å². The van der Waals surface area contributed by atoms with Crippen LogP contribution < -0.4 is 4.74 Å². The first-order valence-electron chi connectivity index (χ1n) is 34.2. The van der Waals surface area contributed by atoms with Crippen molar-refractivity contribution < 1.29 is 95.7 Å². The van der Waals surface area contributed by atoms with Gasteiger partial charge in [-0.05, 0) is 136 Å². The number of aliphatic hydroxyl groups is 11. The van der Waals surface area contributed by atoms with Crippen LogP contribution in [0.2, 0.25) is 0 Å². The number of likely N-dealkylation sites (tertiary alicyclic amines) is 1. The van der Waals surface area contributed by atoms with Crippen LogP contribution in [-0.2, 0) is 20.7 Å². The molecule has 5 aromatic rings. The van der Waals surface area contributed by atoms with Crippen molar-refractivity contribution in [1.82, 2.24) is 4.90 Å². The highest BCUT2D eigenvalue weighted by atomic mass is 33.1. The normalized spacial score (nSPS) is 23.6. The van der Waals surface area contributed by atoms with E-state index in [1.165, 1.54) is 133 Å². The monoisotopic (exact) mass is 1480 g/mol. The molecule has 5 aliphatic rings. The third-order valence-corrected chi connectivity index (χ3v) is 22.5. The van der Waals surface area contributed by atoms with E-state index in [0.717, 1.165) is 30.1 Å². The summed E-state index contributed by atoms with van der Waals surface area (Å²) in [7, 11) is 2.46. The largest absolute Gasteiger partial charge is 0.508 e. The highest BCUT2D eigenvalue weighted by Gasteiger charge is 2.54. The lowest BCUT2D eigenvalue weighted by Gasteiger charge is -2.36. The highest BCUT2D eigenvalue weighted by Crippen LogP contribution is 2.57. The number of hydrogen-bond acceptors (Lipinski definition) is 21. The quantitative estimate of drug-likeness (QED) is 0.0127. The molecule has 5 aromatic carbocycles. The molecule has 558 valence electrons. The van der Waals surface area contributed by atoms with E-state index in [0.29, 0.717) is 30.4 Å². The molecule has 10 unspecified atom stereocenters. The Morgan fingerprint density at radius 1 is 0.724 bits per heavy atom. The average Bonchev–Trinajstić information content (AvgIpc) is 1.59. The van der Waals surface area contributed by atoms with Gasteiger partial charge in [0, 0.05) is 64.4 Å². The van der Waals surface area contributed by atoms with Gasteiger partial charge < -0.3 is 91.0 Å². The standard InChI is InChI=1S/C73H85N11O19S2/c1-5-37(2)58-66(97)80-59(38(3)85)67(98)78-51(34-56(74)90)64(95)79-52(36-104-105-72(27-7-6-8-28-72)35-57(91)83-71(4,70(101)82-58)41-16-20-43(87)21-17-41)68(99)84-30-10-12-53(84)65(96)77-50(63(94)81-60(61(75)92)39-13-18-42(86)19-14-39)11-9-29-76-62(93)40-15-24-46-49(31-40)73(103-69(46)100)47-25-22-44(88)32-54(47)102-55-33-45(89)23-26-48(55)73/h13-26,31-33,37-38,50-53,58-60,85-89H,5-12,27-30,34-36H2,1-4H3,(H2,74,90)(H2,75,92)(H,76,93)(H,77,96)(H,78,98)(H,79,95)(H,80,97)(H,81,94)(H,82,101)(H,83,91). The van der Waals surface area contributed by atoms with Gasteiger partial charge in [0.1, 0.15) is 64.7 Å². The van der Waals surface area contributed by atoms with E-state index in [-0.39, 0.29) is 113 Å². The predicted octanol–water partition coefficient (Wildman–Crippen LogP) is 11.7. The number of hydrogen-bond donors (Lipinski definition) is 17. The Morgan fingerprint density at radius 2 is 1.35 bits per heavy atom. The molecule has 0 bridgehead atoms. The van der Waals surface area contributed by atoms with Crippen LogP contribution in [0.5, 0.6) is 34.5 Å². The zero-order valence-corrected chi connectivity index (χ0v) is 59.4. The number of ether oxygens (including phenoxy) is 2. The molecular weight excluding hydrogens is 1400 g/mol. The Labute approximate surface area is 611 Å². The van der Waals surface area contributed by atoms with Gasteiger partial charge in [-0.2, -0.15) is 0 Å². The number of phenols is 4. The third kappa shape index (κ3) is 17.1. The van der Waals surface area contributed by atoms with Crippen molar-refractivity contribution in [2.75, 3.05) is 18.8 Å². The van der Waals surface area contributed by atoms with E-state index < -0.39 is 147 Å². The first-order chi connectivity index (χ1) is 49.9. The van der Waals surface area contributed by atoms with E-state index in [1.807, 2.05) is 0 Å². The second-order valence-corrected chi connectivity index (χ2v) is 29.6. The number of carbonyl (C=O) groups excluding carboxylic acids is 2. The first kappa shape index (κ1) is 77.0. The van der Waals surface area contributed by atoms with E-state index in [9.17, 15) is 81.4 Å². The van der Waals surface area contributed by atoms with Gasteiger partial charge in [0.15, 0.2) is 35.0 Å². The molecule has 30 nitrogen and oxygen atoms in total. The number of rotatable bonds is 18. The number of benzene rings is 5. The molecule has 4 aliphatic heterocycles. The summed E-state index contributed by atoms with van der Waals surface area (Å²) < 4.78 is 11.5. The number of aromatic hydroxyl groups is 4. The molecule has 4 heterocycles. The summed E-state index contributed by atoms with van der Waals surface area (Å²) >= 11 is 0. The lowest BCUT2D eigenvalue weighted by atomic mass is 9.77. The van der Waals surface area contributed by atoms with Gasteiger partial charge >= 0.3 is 5.97 Å². The summed E-state index contributed by atoms with van der Waals surface area (Å²) in [5, 5.41) is 186. The van der Waals surface area contributed by atoms with Crippen LogP contribution in [-0.4, -0.2) is 218 Å². The molecule has 1 saturated heterocycles. The lowest BCUT2D eigenvalue weighted by molar-refractivity contribution is -0.132. The fraction of sp³-hybridized carbons (Fsp3) is 0.425. The predicted molar refractivity (Wildman–Crippen MR) is 399 cm³/mol. The molecule has 2 spiro atoms. The second kappa shape index (κ2) is 32.6. The summed E-state index contributed by atoms with van der Waals surface area (Å²) in [6, 6.07) is 12.8. The zero-order valence-electron chi connectivity index (χ0n) is 57.8. The maximum atomic E-state index is 15.5. The highest BCUT2D eigenvalue weighted by molar-refractivity contribution is 8.77. The fourth-order valence-corrected chi connectivity index (χ4v) is 16.7. The van der Waals surface area contributed by atoms with Crippen LogP contribution in [0.15, 0.2) is 143 Å². The summed E-state index contributed by atoms with van der Waals surface area (Å²) in [5.74, 6) is -10.7. The Kier molecular flexibility index (Phi) is 23.9. The van der Waals surface area contributed by atoms with Crippen LogP contribution >= 0.6 is 21.6 Å². The maximum absolute atomic E-state index is 15.5. The SMILES string of the molecule is CCC(C)C1N=C(O)C(C)(c2ccc(O)cc2)N=C(O)CC2(CCCCC2)SSCC(C(=O)N2CCCC2C(O)=NC(CCCN=C(O)c2ccc3c(c2)C2(OC3=O)c3ccc(O)cc3Oc3cc(O)ccc32)C(O)=NC(C(=N)O)c2ccc(O)cc2)N=C(O)C(CC(=N)O)N=C(O)C(C(C)O)N=C1O. The Bertz CT molecular complexity index is 4300. The fourth-order valence-electron chi connectivity index (χ4n) is 13.4. The Hall–Kier alpha value is -10.6. The smallest absolute Gasteiger partial charge is 0.340 e. The Balaban J connectivity index is 0.992. The number of phenolic OH excluding ortho intramolecular Hbond substituents is 4. The molecule has 0 radical (unpaired) electrons. The van der Waals surface area contributed by atoms with E-state index in [2.05, 4.69) is 34.9 Å². The number of amides is 1. The second-order valence-electron chi connectivity index (χ2n) is 26.7. The number of aliphatic imine (C=N–C) groups is 8. The van der Waals surface area contributed by atoms with Crippen molar-refractivity contribution in [1.29, 1.82) is 10.8 Å². The molecule has 2 fully saturated rings. The molecule has 32 heteroatoms. The molecule has 10 atom stereocenters. The van der Waals surface area contributed by atoms with Crippen molar-refractivity contribution in [2.45, 2.75) is 169 Å². The summed E-state index contributed by atoms with van der Waals surface area (Å²) in [6.45, 7) is 5.91. The van der Waals surface area contributed by atoms with Crippen molar-refractivity contribution in [3.05, 3.63) is 142 Å². The van der Waals surface area contributed by atoms with Crippen LogP contribution in [0.3, 0.4) is 0 Å². The average molecular weight is 1480 g/mol. The molecule has 0 aromatic heterocycles. The van der Waals surface area contributed by atoms with Crippen molar-refractivity contribution in [2.24, 2.45) is 45.9 Å². The number of fused-ring (bicyclic) bond motifs is 6. The van der Waals surface area contributed by atoms with Crippen LogP contribution in [0.4, 0.5) is 0 Å². The summed E-state index contributed by atoms with van der Waals surface area (Å²) in [4.78, 5) is 65.7. The molecular formula is C73H85N11O19S2. The van der Waals surface area contributed by atoms with Gasteiger partial charge in [-0.1, -0.05) is 85.4 Å². The zero-order chi connectivity index (χ0) is 75.8. The number of carbonyl (C=O) groups is 2. The number of nitrogens with one attached hydrogen (secondary N) is 2. The first-order valence-corrected chi connectivity index (χ1v) is 36.5. The maximum Gasteiger partial charge on any atom is 0.340 e. The number of aliphatic hydroxyl groups excluding tert-OH is 11. The van der Waals surface area contributed by atoms with Crippen LogP contribution in [0, 0.1) is 16.7 Å². The van der Waals surface area contributed by atoms with Gasteiger partial charge in [0.05, 0.1) is 18.1 Å². The van der Waals surface area contributed by atoms with Gasteiger partial charge in [-0.3, -0.25) is 20.6 Å². The van der Waals surface area contributed by atoms with Crippen molar-refractivity contribution in [3.63, 3.8) is 0 Å². The van der Waals surface area contributed by atoms with Gasteiger partial charge in [-0.25, -0.2) is 39.7 Å². The molecule has 17 N–H and O–H groups in total. The molecule has 1 saturated carbocycles. The van der Waals surface area contributed by atoms with Crippen molar-refractivity contribution in [3.8, 4) is 34.5 Å². The molecule has 1 aliphatic carbocycles. The lowest BCUT2D eigenvalue weighted by Crippen LogP contribution is -2.46. The van der Waals surface area contributed by atoms with Crippen LogP contribution in [0.25, 0.3) is 0 Å². The van der Waals surface area contributed by atoms with Gasteiger partial charge in [-0.15, -0.1) is 0 Å². The third-order valence-electron chi connectivity index (χ3n) is 19.3. The summed E-state index contributed by atoms with van der Waals surface area (Å²) in [5.41, 5.74) is -1.92. The van der Waals surface area contributed by atoms with E-state index in [1.54, 1.807) is 13.8 Å². The molecule has 1 amide bonds. The number of esters is 1. The molecule has 105 heavy (non-hydrogen) atoms. The van der Waals surface area contributed by atoms with Crippen molar-refractivity contribution >= 4 is 92.4 Å². The number of nitrogens with zero attached hydrogens (tertiary/aromatic N) is 9. The molecule has 10 rings (SSSR count). The minimum atomic E-state index is -1.88. The van der Waals surface area contributed by atoms with E-state index in [4.69, 9.17) is 25.3 Å². The minimum Gasteiger partial charge on any atom is -0.508 e. The van der Waals surface area contributed by atoms with E-state index >= 15 is 4.79 Å². The minimum absolute atomic E-state index is 0.0283. The Morgan fingerprint density at radius 3 is 1.97 bits per heavy atom. The topological polar surface area (TPSA) is 506 Å². The van der Waals surface area contributed by atoms with Gasteiger partial charge in [0.25, 0.3) is 0 Å². The summed E-state index contributed by atoms with van der Waals surface area (Å²) in [6.07, 6.45) is 1.21.